The molecule has 0 aromatic carbocycles. The molecule has 1 aliphatic rings. The van der Waals surface area contributed by atoms with Crippen molar-refractivity contribution in [3.05, 3.63) is 46.2 Å². The summed E-state index contributed by atoms with van der Waals surface area (Å²) in [4.78, 5) is 31.1. The van der Waals surface area contributed by atoms with Crippen LogP contribution in [0.15, 0.2) is 24.7 Å². The van der Waals surface area contributed by atoms with Crippen LogP contribution in [-0.2, 0) is 17.6 Å². The largest absolute Gasteiger partial charge is 0.459 e. The average Bonchev–Trinajstić information content (AvgIpc) is 3.28. The zero-order valence-corrected chi connectivity index (χ0v) is 16.7. The number of rotatable bonds is 5. The van der Waals surface area contributed by atoms with Crippen molar-refractivity contribution < 1.29 is 14.3 Å². The summed E-state index contributed by atoms with van der Waals surface area (Å²) in [6.45, 7) is 3.85. The number of esters is 1. The lowest BCUT2D eigenvalue weighted by molar-refractivity contribution is 0.0335. The van der Waals surface area contributed by atoms with E-state index in [-0.39, 0.29) is 18.0 Å². The number of anilines is 1. The first-order valence-corrected chi connectivity index (χ1v) is 10.3. The van der Waals surface area contributed by atoms with Crippen molar-refractivity contribution in [2.24, 2.45) is 0 Å². The number of fused-ring (bicyclic) bond motifs is 2. The second-order valence-corrected chi connectivity index (χ2v) is 8.04. The zero-order valence-electron chi connectivity index (χ0n) is 15.9. The molecule has 1 N–H and O–H groups in total. The van der Waals surface area contributed by atoms with Crippen molar-refractivity contribution in [1.82, 2.24) is 14.6 Å². The minimum absolute atomic E-state index is 0.168. The summed E-state index contributed by atoms with van der Waals surface area (Å²) in [7, 11) is 0. The second-order valence-electron chi connectivity index (χ2n) is 6.94. The molecule has 8 heteroatoms. The highest BCUT2D eigenvalue weighted by molar-refractivity contribution is 7.17. The molecular formula is C20H22N4O3S. The van der Waals surface area contributed by atoms with Gasteiger partial charge in [0.05, 0.1) is 17.9 Å². The van der Waals surface area contributed by atoms with E-state index in [1.807, 2.05) is 13.8 Å². The second kappa shape index (κ2) is 7.71. The molecule has 1 aliphatic carbocycles. The van der Waals surface area contributed by atoms with Crippen LogP contribution in [-0.4, -0.2) is 32.6 Å². The van der Waals surface area contributed by atoms with Crippen molar-refractivity contribution >= 4 is 33.9 Å². The van der Waals surface area contributed by atoms with Gasteiger partial charge in [-0.05, 0) is 50.7 Å². The third kappa shape index (κ3) is 3.40. The topological polar surface area (TPSA) is 85.6 Å². The molecule has 28 heavy (non-hydrogen) atoms. The van der Waals surface area contributed by atoms with E-state index in [1.165, 1.54) is 17.5 Å². The number of hydrogen-bond acceptors (Lipinski definition) is 6. The molecule has 1 unspecified atom stereocenters. The lowest BCUT2D eigenvalue weighted by Gasteiger charge is -2.15. The minimum atomic E-state index is -0.359. The first-order chi connectivity index (χ1) is 13.6. The van der Waals surface area contributed by atoms with Gasteiger partial charge in [0.15, 0.2) is 5.65 Å². The molecule has 3 aromatic rings. The molecule has 3 aromatic heterocycles. The van der Waals surface area contributed by atoms with E-state index in [1.54, 1.807) is 23.0 Å². The lowest BCUT2D eigenvalue weighted by atomic mass is 9.95. The average molecular weight is 398 g/mol. The van der Waals surface area contributed by atoms with Crippen molar-refractivity contribution in [3.8, 4) is 0 Å². The number of ether oxygens (including phenoxy) is 1. The Bertz CT molecular complexity index is 1040. The van der Waals surface area contributed by atoms with Crippen molar-refractivity contribution in [2.45, 2.75) is 52.1 Å². The van der Waals surface area contributed by atoms with E-state index < -0.39 is 0 Å². The molecule has 0 saturated heterocycles. The smallest absolute Gasteiger partial charge is 0.341 e. The Hall–Kier alpha value is -2.74. The quantitative estimate of drug-likeness (QED) is 0.659. The third-order valence-electron chi connectivity index (χ3n) is 5.01. The van der Waals surface area contributed by atoms with E-state index in [0.29, 0.717) is 21.8 Å². The molecule has 1 amide bonds. The van der Waals surface area contributed by atoms with Crippen LogP contribution in [0.5, 0.6) is 0 Å². The molecule has 1 atom stereocenters. The van der Waals surface area contributed by atoms with Crippen LogP contribution in [0.3, 0.4) is 0 Å². The van der Waals surface area contributed by atoms with Gasteiger partial charge in [0, 0.05) is 17.3 Å². The van der Waals surface area contributed by atoms with Gasteiger partial charge in [-0.15, -0.1) is 11.3 Å². The van der Waals surface area contributed by atoms with Gasteiger partial charge in [0.25, 0.3) is 5.91 Å². The van der Waals surface area contributed by atoms with Gasteiger partial charge in [-0.25, -0.2) is 14.3 Å². The Morgan fingerprint density at radius 2 is 2.18 bits per heavy atom. The van der Waals surface area contributed by atoms with Crippen LogP contribution in [0.1, 0.15) is 64.3 Å². The van der Waals surface area contributed by atoms with Crippen LogP contribution < -0.4 is 5.32 Å². The number of amides is 1. The number of aryl methyl sites for hydroxylation is 1. The van der Waals surface area contributed by atoms with Crippen molar-refractivity contribution in [1.29, 1.82) is 0 Å². The first-order valence-electron chi connectivity index (χ1n) is 9.53. The molecule has 0 spiro atoms. The highest BCUT2D eigenvalue weighted by atomic mass is 32.1. The minimum Gasteiger partial charge on any atom is -0.459 e. The van der Waals surface area contributed by atoms with Gasteiger partial charge in [-0.3, -0.25) is 4.79 Å². The van der Waals surface area contributed by atoms with Crippen LogP contribution in [0.4, 0.5) is 5.00 Å². The Kier molecular flexibility index (Phi) is 5.13. The number of thiophene rings is 1. The Balaban J connectivity index is 1.68. The van der Waals surface area contributed by atoms with Crippen LogP contribution in [0.2, 0.25) is 0 Å². The maximum atomic E-state index is 12.9. The molecular weight excluding hydrogens is 376 g/mol. The van der Waals surface area contributed by atoms with Gasteiger partial charge in [0.2, 0.25) is 0 Å². The van der Waals surface area contributed by atoms with Gasteiger partial charge in [-0.1, -0.05) is 6.92 Å². The molecule has 0 fully saturated rings. The third-order valence-corrected chi connectivity index (χ3v) is 6.22. The van der Waals surface area contributed by atoms with Crippen LogP contribution in [0, 0.1) is 0 Å². The molecule has 146 valence electrons. The van der Waals surface area contributed by atoms with Gasteiger partial charge in [0.1, 0.15) is 10.6 Å². The van der Waals surface area contributed by atoms with Gasteiger partial charge < -0.3 is 10.1 Å². The molecule has 3 heterocycles. The number of carbonyl (C=O) groups is 2. The summed E-state index contributed by atoms with van der Waals surface area (Å²) in [5, 5.41) is 7.64. The summed E-state index contributed by atoms with van der Waals surface area (Å²) in [5.41, 5.74) is 2.38. The fraction of sp³-hybridized carbons (Fsp3) is 0.400. The highest BCUT2D eigenvalue weighted by Gasteiger charge is 2.28. The number of aromatic nitrogens is 3. The maximum absolute atomic E-state index is 12.9. The normalized spacial score (nSPS) is 14.5. The van der Waals surface area contributed by atoms with Gasteiger partial charge in [-0.2, -0.15) is 5.10 Å². The van der Waals surface area contributed by atoms with Crippen LogP contribution in [0.25, 0.3) is 5.65 Å². The van der Waals surface area contributed by atoms with E-state index in [2.05, 4.69) is 15.4 Å². The Morgan fingerprint density at radius 3 is 3.00 bits per heavy atom. The summed E-state index contributed by atoms with van der Waals surface area (Å²) in [5.74, 6) is -0.688. The predicted molar refractivity (Wildman–Crippen MR) is 107 cm³/mol. The Labute approximate surface area is 166 Å². The van der Waals surface area contributed by atoms with E-state index >= 15 is 0 Å². The van der Waals surface area contributed by atoms with E-state index in [0.717, 1.165) is 42.5 Å². The monoisotopic (exact) mass is 398 g/mol. The summed E-state index contributed by atoms with van der Waals surface area (Å²) in [6.07, 6.45) is 9.32. The highest BCUT2D eigenvalue weighted by Crippen LogP contribution is 2.39. The van der Waals surface area contributed by atoms with E-state index in [4.69, 9.17) is 4.74 Å². The molecule has 0 aliphatic heterocycles. The summed E-state index contributed by atoms with van der Waals surface area (Å²) >= 11 is 1.48. The fourth-order valence-electron chi connectivity index (χ4n) is 3.35. The Morgan fingerprint density at radius 1 is 1.36 bits per heavy atom. The molecule has 4 rings (SSSR count). The van der Waals surface area contributed by atoms with Gasteiger partial charge >= 0.3 is 5.97 Å². The number of nitrogens with zero attached hydrogens (tertiary/aromatic N) is 3. The van der Waals surface area contributed by atoms with E-state index in [9.17, 15) is 9.59 Å². The van der Waals surface area contributed by atoms with Crippen LogP contribution >= 0.6 is 11.3 Å². The number of nitrogens with one attached hydrogen (secondary N) is 1. The maximum Gasteiger partial charge on any atom is 0.341 e. The molecule has 0 radical (unpaired) electrons. The standard InChI is InChI=1S/C20H22N4O3S/c1-3-12(2)27-20(26)16-13-7-4-5-8-15(13)28-19(16)23-18(25)14-11-22-24-10-6-9-21-17(14)24/h6,9-12H,3-5,7-8H2,1-2H3,(H,23,25). The van der Waals surface area contributed by atoms with Crippen molar-refractivity contribution in [3.63, 3.8) is 0 Å². The molecule has 0 saturated carbocycles. The first kappa shape index (κ1) is 18.6. The predicted octanol–water partition coefficient (Wildman–Crippen LogP) is 3.88. The summed E-state index contributed by atoms with van der Waals surface area (Å²) in [6, 6.07) is 1.75. The molecule has 0 bridgehead atoms. The lowest BCUT2D eigenvalue weighted by Crippen LogP contribution is -2.19. The zero-order chi connectivity index (χ0) is 19.7. The fourth-order valence-corrected chi connectivity index (χ4v) is 4.63. The summed E-state index contributed by atoms with van der Waals surface area (Å²) < 4.78 is 7.13. The SMILES string of the molecule is CCC(C)OC(=O)c1c(NC(=O)c2cnn3cccnc23)sc2c1CCCC2. The molecule has 7 nitrogen and oxygen atoms in total. The number of carbonyl (C=O) groups excluding carboxylic acids is 2. The van der Waals surface area contributed by atoms with Crippen molar-refractivity contribution in [2.75, 3.05) is 5.32 Å². The number of hydrogen-bond donors (Lipinski definition) is 1.